The zero-order valence-corrected chi connectivity index (χ0v) is 18.4. The van der Waals surface area contributed by atoms with Crippen molar-refractivity contribution in [2.75, 3.05) is 14.2 Å². The quantitative estimate of drug-likeness (QED) is 0.375. The van der Waals surface area contributed by atoms with Gasteiger partial charge < -0.3 is 18.9 Å². The Morgan fingerprint density at radius 3 is 1.90 bits per heavy atom. The lowest BCUT2D eigenvalue weighted by Crippen LogP contribution is -1.98. The van der Waals surface area contributed by atoms with Gasteiger partial charge in [0.1, 0.15) is 17.2 Å². The molecular weight excluding hydrogens is 376 g/mol. The highest BCUT2D eigenvalue weighted by Gasteiger charge is 2.13. The Hall–Kier alpha value is -2.98. The van der Waals surface area contributed by atoms with Crippen LogP contribution in [0.25, 0.3) is 0 Å². The minimum atomic E-state index is 0.446. The van der Waals surface area contributed by atoms with Gasteiger partial charge in [0.15, 0.2) is 11.5 Å². The van der Waals surface area contributed by atoms with Crippen molar-refractivity contribution < 1.29 is 18.9 Å². The minimum absolute atomic E-state index is 0.446. The third kappa shape index (κ3) is 5.33. The van der Waals surface area contributed by atoms with Gasteiger partial charge in [-0.25, -0.2) is 0 Å². The van der Waals surface area contributed by atoms with Crippen LogP contribution in [0.15, 0.2) is 60.7 Å². The number of aryl methyl sites for hydroxylation is 1. The van der Waals surface area contributed by atoms with Crippen molar-refractivity contribution in [3.63, 3.8) is 0 Å². The summed E-state index contributed by atoms with van der Waals surface area (Å²) in [7, 11) is 3.31. The van der Waals surface area contributed by atoms with E-state index in [9.17, 15) is 0 Å². The van der Waals surface area contributed by atoms with Crippen LogP contribution in [0.1, 0.15) is 42.9 Å². The first-order valence-corrected chi connectivity index (χ1v) is 10.3. The average molecular weight is 407 g/mol. The van der Waals surface area contributed by atoms with Crippen molar-refractivity contribution >= 4 is 0 Å². The van der Waals surface area contributed by atoms with Gasteiger partial charge in [-0.05, 0) is 78.9 Å². The van der Waals surface area contributed by atoms with E-state index in [1.165, 1.54) is 5.56 Å². The van der Waals surface area contributed by atoms with E-state index >= 15 is 0 Å². The molecular formula is C26H30O4. The molecule has 0 heterocycles. The van der Waals surface area contributed by atoms with Crippen molar-refractivity contribution in [3.05, 3.63) is 77.4 Å². The van der Waals surface area contributed by atoms with Crippen LogP contribution in [0.5, 0.6) is 28.7 Å². The van der Waals surface area contributed by atoms with E-state index in [1.54, 1.807) is 14.2 Å². The summed E-state index contributed by atoms with van der Waals surface area (Å²) < 4.78 is 23.0. The monoisotopic (exact) mass is 406 g/mol. The lowest BCUT2D eigenvalue weighted by molar-refractivity contribution is 0.181. The normalized spacial score (nSPS) is 11.8. The molecule has 0 saturated heterocycles. The third-order valence-corrected chi connectivity index (χ3v) is 5.14. The molecule has 0 bridgehead atoms. The molecule has 4 nitrogen and oxygen atoms in total. The maximum atomic E-state index is 6.14. The fourth-order valence-corrected chi connectivity index (χ4v) is 3.27. The molecule has 1 unspecified atom stereocenters. The smallest absolute Gasteiger partial charge is 0.174 e. The van der Waals surface area contributed by atoms with Crippen LogP contribution in [-0.4, -0.2) is 14.2 Å². The number of methoxy groups -OCH3 is 2. The molecule has 0 aromatic heterocycles. The van der Waals surface area contributed by atoms with Crippen molar-refractivity contribution in [3.8, 4) is 28.7 Å². The Morgan fingerprint density at radius 2 is 1.37 bits per heavy atom. The summed E-state index contributed by atoms with van der Waals surface area (Å²) in [4.78, 5) is 0. The molecule has 4 heteroatoms. The Morgan fingerprint density at radius 1 is 0.800 bits per heavy atom. The lowest BCUT2D eigenvalue weighted by Gasteiger charge is -2.16. The molecule has 0 aliphatic carbocycles. The van der Waals surface area contributed by atoms with E-state index in [2.05, 4.69) is 26.0 Å². The van der Waals surface area contributed by atoms with Crippen molar-refractivity contribution in [2.45, 2.75) is 39.7 Å². The largest absolute Gasteiger partial charge is 0.493 e. The molecule has 3 rings (SSSR count). The molecule has 0 amide bonds. The first-order chi connectivity index (χ1) is 14.5. The Balaban J connectivity index is 1.74. The highest BCUT2D eigenvalue weighted by atomic mass is 16.5. The first-order valence-electron chi connectivity index (χ1n) is 10.3. The van der Waals surface area contributed by atoms with Gasteiger partial charge >= 0.3 is 0 Å². The van der Waals surface area contributed by atoms with E-state index in [0.29, 0.717) is 29.8 Å². The average Bonchev–Trinajstić information content (AvgIpc) is 2.76. The molecule has 0 saturated carbocycles. The van der Waals surface area contributed by atoms with E-state index in [1.807, 2.05) is 55.5 Å². The summed E-state index contributed by atoms with van der Waals surface area (Å²) >= 11 is 0. The number of rotatable bonds is 9. The molecule has 0 fully saturated rings. The predicted octanol–water partition coefficient (Wildman–Crippen LogP) is 7.25. The van der Waals surface area contributed by atoms with Crippen LogP contribution < -0.4 is 14.2 Å². The summed E-state index contributed by atoms with van der Waals surface area (Å²) in [5, 5.41) is 0. The predicted molar refractivity (Wildman–Crippen MR) is 120 cm³/mol. The maximum absolute atomic E-state index is 6.14. The minimum Gasteiger partial charge on any atom is -0.493 e. The van der Waals surface area contributed by atoms with Gasteiger partial charge in [0, 0.05) is 12.7 Å². The molecule has 3 aromatic carbocycles. The second-order valence-electron chi connectivity index (χ2n) is 7.44. The number of hydrogen-bond donors (Lipinski definition) is 0. The summed E-state index contributed by atoms with van der Waals surface area (Å²) in [5.41, 5.74) is 3.36. The van der Waals surface area contributed by atoms with Crippen LogP contribution in [0.4, 0.5) is 0 Å². The van der Waals surface area contributed by atoms with Crippen LogP contribution in [0.2, 0.25) is 0 Å². The number of hydrogen-bond acceptors (Lipinski definition) is 4. The van der Waals surface area contributed by atoms with E-state index in [0.717, 1.165) is 29.0 Å². The van der Waals surface area contributed by atoms with E-state index in [4.69, 9.17) is 18.9 Å². The molecule has 0 N–H and O–H groups in total. The van der Waals surface area contributed by atoms with E-state index in [-0.39, 0.29) is 0 Å². The van der Waals surface area contributed by atoms with Gasteiger partial charge in [-0.1, -0.05) is 26.0 Å². The molecule has 0 spiro atoms. The van der Waals surface area contributed by atoms with Gasteiger partial charge in [0.25, 0.3) is 0 Å². The molecule has 0 aliphatic rings. The van der Waals surface area contributed by atoms with Crippen LogP contribution in [0, 0.1) is 6.92 Å². The third-order valence-electron chi connectivity index (χ3n) is 5.14. The second-order valence-corrected chi connectivity index (χ2v) is 7.44. The van der Waals surface area contributed by atoms with Crippen LogP contribution in [-0.2, 0) is 11.3 Å². The fourth-order valence-electron chi connectivity index (χ4n) is 3.27. The van der Waals surface area contributed by atoms with Gasteiger partial charge in [-0.15, -0.1) is 0 Å². The van der Waals surface area contributed by atoms with Crippen LogP contribution >= 0.6 is 0 Å². The lowest BCUT2D eigenvalue weighted by atomic mass is 9.99. The standard InChI is InChI=1S/C26H30O4/c1-6-19(3)20-7-9-22(10-8-20)29-23-11-13-24(14-12-23)30-26-21(17-27-4)15-18(2)16-25(26)28-5/h7-16,19H,6,17H2,1-5H3. The number of ether oxygens (including phenoxy) is 4. The van der Waals surface area contributed by atoms with Gasteiger partial charge in [-0.3, -0.25) is 0 Å². The Kier molecular flexibility index (Phi) is 7.36. The summed E-state index contributed by atoms with van der Waals surface area (Å²) in [6.07, 6.45) is 1.12. The zero-order chi connectivity index (χ0) is 21.5. The zero-order valence-electron chi connectivity index (χ0n) is 18.4. The van der Waals surface area contributed by atoms with Crippen molar-refractivity contribution in [2.24, 2.45) is 0 Å². The highest BCUT2D eigenvalue weighted by molar-refractivity contribution is 5.51. The summed E-state index contributed by atoms with van der Waals surface area (Å²) in [6.45, 7) is 6.90. The molecule has 0 radical (unpaired) electrons. The molecule has 0 aliphatic heterocycles. The number of benzene rings is 3. The molecule has 3 aromatic rings. The van der Waals surface area contributed by atoms with Gasteiger partial charge in [0.05, 0.1) is 13.7 Å². The highest BCUT2D eigenvalue weighted by Crippen LogP contribution is 2.37. The summed E-state index contributed by atoms with van der Waals surface area (Å²) in [5.74, 6) is 4.18. The Bertz CT molecular complexity index is 946. The first kappa shape index (κ1) is 21.7. The second kappa shape index (κ2) is 10.2. The van der Waals surface area contributed by atoms with Gasteiger partial charge in [-0.2, -0.15) is 0 Å². The van der Waals surface area contributed by atoms with Crippen molar-refractivity contribution in [1.82, 2.24) is 0 Å². The fraction of sp³-hybridized carbons (Fsp3) is 0.308. The van der Waals surface area contributed by atoms with Crippen LogP contribution in [0.3, 0.4) is 0 Å². The van der Waals surface area contributed by atoms with E-state index < -0.39 is 0 Å². The Labute approximate surface area is 179 Å². The topological polar surface area (TPSA) is 36.9 Å². The van der Waals surface area contributed by atoms with Gasteiger partial charge in [0.2, 0.25) is 0 Å². The SMILES string of the molecule is CCC(C)c1ccc(Oc2ccc(Oc3c(COC)cc(C)cc3OC)cc2)cc1. The molecule has 1 atom stereocenters. The molecule has 30 heavy (non-hydrogen) atoms. The molecule has 158 valence electrons. The van der Waals surface area contributed by atoms with Crippen molar-refractivity contribution in [1.29, 1.82) is 0 Å². The maximum Gasteiger partial charge on any atom is 0.174 e. The summed E-state index contributed by atoms with van der Waals surface area (Å²) in [6, 6.07) is 19.8.